The number of nitrogens with zero attached hydrogens (tertiary/aromatic N) is 1. The van der Waals surface area contributed by atoms with E-state index in [0.717, 1.165) is 0 Å². The van der Waals surface area contributed by atoms with Crippen LogP contribution in [-0.4, -0.2) is 49.3 Å². The summed E-state index contributed by atoms with van der Waals surface area (Å²) in [6, 6.07) is 0.259. The number of ether oxygens (including phenoxy) is 1. The Hall–Kier alpha value is -0.610. The number of hydrogen-bond donors (Lipinski definition) is 1. The van der Waals surface area contributed by atoms with Crippen LogP contribution in [0.2, 0.25) is 0 Å². The molecule has 4 nitrogen and oxygen atoms in total. The molecular weight excluding hydrogens is 146 g/mol. The summed E-state index contributed by atoms with van der Waals surface area (Å²) in [5, 5.41) is 8.23. The van der Waals surface area contributed by atoms with Crippen molar-refractivity contribution in [1.82, 2.24) is 4.90 Å². The van der Waals surface area contributed by atoms with Gasteiger partial charge in [0.2, 0.25) is 0 Å². The van der Waals surface area contributed by atoms with Gasteiger partial charge in [-0.1, -0.05) is 0 Å². The van der Waals surface area contributed by atoms with Gasteiger partial charge in [-0.25, -0.2) is 4.79 Å². The summed E-state index contributed by atoms with van der Waals surface area (Å²) in [6.07, 6.45) is 0. The van der Waals surface area contributed by atoms with Crippen molar-refractivity contribution < 1.29 is 14.6 Å². The Kier molecular flexibility index (Phi) is 4.81. The first-order valence-electron chi connectivity index (χ1n) is 3.50. The molecule has 0 saturated heterocycles. The monoisotopic (exact) mass is 161 g/mol. The molecule has 1 atom stereocenters. The number of rotatable bonds is 5. The fourth-order valence-electron chi connectivity index (χ4n) is 0.466. The Morgan fingerprint density at radius 2 is 2.18 bits per heavy atom. The van der Waals surface area contributed by atoms with E-state index in [4.69, 9.17) is 9.84 Å². The highest BCUT2D eigenvalue weighted by Crippen LogP contribution is 1.91. The minimum Gasteiger partial charge on any atom is -0.480 e. The van der Waals surface area contributed by atoms with Crippen LogP contribution in [0.25, 0.3) is 0 Å². The Balaban J connectivity index is 3.31. The standard InChI is InChI=1S/C7H15NO3/c1-6(8(2)3)4-11-5-7(9)10/h6H,4-5H2,1-3H3,(H,9,10)/t6-/m1/s1. The van der Waals surface area contributed by atoms with Gasteiger partial charge in [-0.05, 0) is 21.0 Å². The van der Waals surface area contributed by atoms with Gasteiger partial charge in [-0.2, -0.15) is 0 Å². The minimum atomic E-state index is -0.920. The van der Waals surface area contributed by atoms with Gasteiger partial charge >= 0.3 is 5.97 Å². The van der Waals surface area contributed by atoms with E-state index in [9.17, 15) is 4.79 Å². The highest BCUT2D eigenvalue weighted by molar-refractivity contribution is 5.67. The summed E-state index contributed by atoms with van der Waals surface area (Å²) >= 11 is 0. The van der Waals surface area contributed by atoms with Crippen molar-refractivity contribution in [2.75, 3.05) is 27.3 Å². The van der Waals surface area contributed by atoms with E-state index < -0.39 is 5.97 Å². The molecule has 0 radical (unpaired) electrons. The van der Waals surface area contributed by atoms with Crippen LogP contribution in [-0.2, 0) is 9.53 Å². The van der Waals surface area contributed by atoms with Crippen LogP contribution >= 0.6 is 0 Å². The van der Waals surface area contributed by atoms with Gasteiger partial charge in [-0.3, -0.25) is 0 Å². The second-order valence-corrected chi connectivity index (χ2v) is 2.72. The predicted octanol–water partition coefficient (Wildman–Crippen LogP) is 0.0377. The number of carboxylic acids is 1. The molecule has 0 aromatic carbocycles. The molecule has 11 heavy (non-hydrogen) atoms. The third-order valence-electron chi connectivity index (χ3n) is 1.47. The van der Waals surface area contributed by atoms with Crippen molar-refractivity contribution in [3.05, 3.63) is 0 Å². The number of likely N-dealkylation sites (N-methyl/N-ethyl adjacent to an activating group) is 1. The molecule has 0 aliphatic carbocycles. The lowest BCUT2D eigenvalue weighted by Gasteiger charge is -2.18. The smallest absolute Gasteiger partial charge is 0.329 e. The Morgan fingerprint density at radius 1 is 1.64 bits per heavy atom. The first-order valence-corrected chi connectivity index (χ1v) is 3.50. The second kappa shape index (κ2) is 5.09. The highest BCUT2D eigenvalue weighted by Gasteiger charge is 2.04. The molecule has 0 aliphatic heterocycles. The molecule has 0 spiro atoms. The van der Waals surface area contributed by atoms with Crippen molar-refractivity contribution in [2.24, 2.45) is 0 Å². The van der Waals surface area contributed by atoms with Gasteiger partial charge in [0.05, 0.1) is 6.61 Å². The number of hydrogen-bond acceptors (Lipinski definition) is 3. The highest BCUT2D eigenvalue weighted by atomic mass is 16.5. The van der Waals surface area contributed by atoms with Crippen LogP contribution in [0.1, 0.15) is 6.92 Å². The second-order valence-electron chi connectivity index (χ2n) is 2.72. The van der Waals surface area contributed by atoms with Crippen LogP contribution in [0.4, 0.5) is 0 Å². The van der Waals surface area contributed by atoms with Gasteiger partial charge < -0.3 is 14.7 Å². The van der Waals surface area contributed by atoms with Crippen molar-refractivity contribution in [2.45, 2.75) is 13.0 Å². The zero-order valence-electron chi connectivity index (χ0n) is 7.20. The van der Waals surface area contributed by atoms with Gasteiger partial charge in [0.1, 0.15) is 6.61 Å². The molecule has 0 aromatic rings. The first-order chi connectivity index (χ1) is 5.04. The van der Waals surface area contributed by atoms with Crippen molar-refractivity contribution in [3.63, 3.8) is 0 Å². The molecule has 0 unspecified atom stereocenters. The maximum Gasteiger partial charge on any atom is 0.329 e. The molecule has 0 aliphatic rings. The quantitative estimate of drug-likeness (QED) is 0.618. The number of aliphatic carboxylic acids is 1. The van der Waals surface area contributed by atoms with Gasteiger partial charge in [0.15, 0.2) is 0 Å². The molecular formula is C7H15NO3. The average Bonchev–Trinajstić information content (AvgIpc) is 1.86. The van der Waals surface area contributed by atoms with E-state index in [1.165, 1.54) is 0 Å². The lowest BCUT2D eigenvalue weighted by molar-refractivity contribution is -0.142. The van der Waals surface area contributed by atoms with Crippen LogP contribution in [0, 0.1) is 0 Å². The van der Waals surface area contributed by atoms with E-state index in [-0.39, 0.29) is 12.6 Å². The summed E-state index contributed by atoms with van der Waals surface area (Å²) in [6.45, 7) is 2.22. The van der Waals surface area contributed by atoms with Crippen LogP contribution < -0.4 is 0 Å². The van der Waals surface area contributed by atoms with E-state index in [0.29, 0.717) is 6.61 Å². The van der Waals surface area contributed by atoms with Gasteiger partial charge in [0.25, 0.3) is 0 Å². The summed E-state index contributed by atoms with van der Waals surface area (Å²) in [5.74, 6) is -0.920. The first kappa shape index (κ1) is 10.4. The van der Waals surface area contributed by atoms with E-state index in [1.54, 1.807) is 0 Å². The summed E-state index contributed by atoms with van der Waals surface area (Å²) in [4.78, 5) is 12.0. The Morgan fingerprint density at radius 3 is 2.55 bits per heavy atom. The molecule has 0 aromatic heterocycles. The van der Waals surface area contributed by atoms with Crippen LogP contribution in [0.5, 0.6) is 0 Å². The Bertz CT molecular complexity index is 125. The summed E-state index contributed by atoms with van der Waals surface area (Å²) in [7, 11) is 3.85. The number of carboxylic acid groups (broad SMARTS) is 1. The van der Waals surface area contributed by atoms with Crippen LogP contribution in [0.3, 0.4) is 0 Å². The largest absolute Gasteiger partial charge is 0.480 e. The molecule has 0 heterocycles. The minimum absolute atomic E-state index is 0.210. The molecule has 0 fully saturated rings. The number of carbonyl (C=O) groups is 1. The molecule has 0 saturated carbocycles. The summed E-state index contributed by atoms with van der Waals surface area (Å²) in [5.41, 5.74) is 0. The molecule has 66 valence electrons. The fourth-order valence-corrected chi connectivity index (χ4v) is 0.466. The normalized spacial score (nSPS) is 13.5. The lowest BCUT2D eigenvalue weighted by atomic mass is 10.3. The zero-order chi connectivity index (χ0) is 8.85. The average molecular weight is 161 g/mol. The van der Waals surface area contributed by atoms with E-state index >= 15 is 0 Å². The molecule has 0 bridgehead atoms. The lowest BCUT2D eigenvalue weighted by Crippen LogP contribution is -2.30. The molecule has 0 amide bonds. The molecule has 4 heteroatoms. The van der Waals surface area contributed by atoms with Gasteiger partial charge in [-0.15, -0.1) is 0 Å². The SMILES string of the molecule is C[C@H](COCC(=O)O)N(C)C. The maximum atomic E-state index is 10.0. The molecule has 0 rings (SSSR count). The van der Waals surface area contributed by atoms with Gasteiger partial charge in [0, 0.05) is 6.04 Å². The van der Waals surface area contributed by atoms with Crippen molar-refractivity contribution >= 4 is 5.97 Å². The maximum absolute atomic E-state index is 10.0. The fraction of sp³-hybridized carbons (Fsp3) is 0.857. The zero-order valence-corrected chi connectivity index (χ0v) is 7.20. The van der Waals surface area contributed by atoms with Crippen molar-refractivity contribution in [1.29, 1.82) is 0 Å². The third-order valence-corrected chi connectivity index (χ3v) is 1.47. The van der Waals surface area contributed by atoms with Crippen LogP contribution in [0.15, 0.2) is 0 Å². The summed E-state index contributed by atoms with van der Waals surface area (Å²) < 4.78 is 4.88. The van der Waals surface area contributed by atoms with Crippen molar-refractivity contribution in [3.8, 4) is 0 Å². The Labute approximate surface area is 66.8 Å². The third kappa shape index (κ3) is 5.82. The van der Waals surface area contributed by atoms with E-state index in [1.807, 2.05) is 25.9 Å². The molecule has 1 N–H and O–H groups in total. The predicted molar refractivity (Wildman–Crippen MR) is 41.6 cm³/mol. The topological polar surface area (TPSA) is 49.8 Å². The van der Waals surface area contributed by atoms with E-state index in [2.05, 4.69) is 0 Å².